The Morgan fingerprint density at radius 2 is 1.89 bits per heavy atom. The average Bonchev–Trinajstić information content (AvgIpc) is 2.70. The number of hydrogen-bond acceptors (Lipinski definition) is 5. The molecule has 7 nitrogen and oxygen atoms in total. The minimum absolute atomic E-state index is 0.149. The molecule has 2 amide bonds. The van der Waals surface area contributed by atoms with E-state index in [0.29, 0.717) is 11.3 Å². The van der Waals surface area contributed by atoms with Crippen LogP contribution in [0.4, 0.5) is 5.69 Å². The molecule has 144 valence electrons. The largest absolute Gasteiger partial charge is 0.452 e. The van der Waals surface area contributed by atoms with Crippen LogP contribution in [0.25, 0.3) is 0 Å². The van der Waals surface area contributed by atoms with E-state index in [2.05, 4.69) is 5.32 Å². The Morgan fingerprint density at radius 3 is 2.61 bits per heavy atom. The first-order valence-corrected chi connectivity index (χ1v) is 8.67. The lowest BCUT2D eigenvalue weighted by Gasteiger charge is -2.16. The Kier molecular flexibility index (Phi) is 7.28. The van der Waals surface area contributed by atoms with E-state index >= 15 is 0 Å². The second-order valence-corrected chi connectivity index (χ2v) is 6.17. The number of aryl methyl sites for hydroxylation is 1. The van der Waals surface area contributed by atoms with Gasteiger partial charge in [-0.15, -0.1) is 0 Å². The molecule has 0 saturated carbocycles. The highest BCUT2D eigenvalue weighted by Gasteiger charge is 2.17. The van der Waals surface area contributed by atoms with Gasteiger partial charge in [0.05, 0.1) is 23.7 Å². The first-order chi connectivity index (χ1) is 13.4. The van der Waals surface area contributed by atoms with E-state index in [1.54, 1.807) is 36.4 Å². The molecule has 0 heterocycles. The number of rotatable bonds is 7. The third kappa shape index (κ3) is 5.68. The molecule has 0 spiro atoms. The molecular formula is C21H21N3O4. The zero-order chi connectivity index (χ0) is 20.5. The lowest BCUT2D eigenvalue weighted by molar-refractivity contribution is -0.133. The van der Waals surface area contributed by atoms with Gasteiger partial charge in [0.25, 0.3) is 11.8 Å². The van der Waals surface area contributed by atoms with E-state index in [0.717, 1.165) is 5.56 Å². The molecule has 0 aliphatic rings. The van der Waals surface area contributed by atoms with E-state index in [9.17, 15) is 14.4 Å². The number of carbonyl (C=O) groups is 3. The van der Waals surface area contributed by atoms with Crippen LogP contribution in [0.15, 0.2) is 48.5 Å². The number of amides is 2. The van der Waals surface area contributed by atoms with Crippen molar-refractivity contribution in [3.63, 3.8) is 0 Å². The molecule has 28 heavy (non-hydrogen) atoms. The first-order valence-electron chi connectivity index (χ1n) is 8.67. The Balaban J connectivity index is 2.04. The molecule has 0 atom stereocenters. The quantitative estimate of drug-likeness (QED) is 0.746. The van der Waals surface area contributed by atoms with Crippen LogP contribution in [0.5, 0.6) is 0 Å². The van der Waals surface area contributed by atoms with Crippen molar-refractivity contribution in [2.45, 2.75) is 13.3 Å². The summed E-state index contributed by atoms with van der Waals surface area (Å²) >= 11 is 0. The highest BCUT2D eigenvalue weighted by atomic mass is 16.5. The molecule has 0 aromatic heterocycles. The van der Waals surface area contributed by atoms with E-state index < -0.39 is 18.5 Å². The molecule has 0 unspecified atom stereocenters. The van der Waals surface area contributed by atoms with Gasteiger partial charge in [0.2, 0.25) is 0 Å². The lowest BCUT2D eigenvalue weighted by Crippen LogP contribution is -2.32. The number of esters is 1. The van der Waals surface area contributed by atoms with Crippen LogP contribution in [-0.4, -0.2) is 42.9 Å². The zero-order valence-electron chi connectivity index (χ0n) is 15.8. The zero-order valence-corrected chi connectivity index (χ0v) is 15.8. The van der Waals surface area contributed by atoms with Crippen molar-refractivity contribution < 1.29 is 19.1 Å². The Labute approximate surface area is 163 Å². The van der Waals surface area contributed by atoms with Crippen molar-refractivity contribution in [1.29, 1.82) is 5.26 Å². The van der Waals surface area contributed by atoms with Crippen LogP contribution >= 0.6 is 0 Å². The average molecular weight is 379 g/mol. The van der Waals surface area contributed by atoms with Gasteiger partial charge in [-0.05, 0) is 31.2 Å². The van der Waals surface area contributed by atoms with Gasteiger partial charge in [0, 0.05) is 19.2 Å². The van der Waals surface area contributed by atoms with Gasteiger partial charge >= 0.3 is 5.97 Å². The number of hydrogen-bond donors (Lipinski definition) is 1. The van der Waals surface area contributed by atoms with E-state index in [4.69, 9.17) is 10.00 Å². The minimum Gasteiger partial charge on any atom is -0.452 e. The molecular weight excluding hydrogens is 358 g/mol. The summed E-state index contributed by atoms with van der Waals surface area (Å²) in [6.07, 6.45) is 0.198. The number of nitrogens with one attached hydrogen (secondary N) is 1. The maximum Gasteiger partial charge on any atom is 0.340 e. The summed E-state index contributed by atoms with van der Waals surface area (Å²) in [5.74, 6) is -1.48. The fourth-order valence-corrected chi connectivity index (χ4v) is 2.41. The molecule has 0 bridgehead atoms. The smallest absolute Gasteiger partial charge is 0.340 e. The summed E-state index contributed by atoms with van der Waals surface area (Å²) < 4.78 is 5.07. The van der Waals surface area contributed by atoms with Crippen molar-refractivity contribution in [3.05, 3.63) is 65.2 Å². The minimum atomic E-state index is -0.720. The van der Waals surface area contributed by atoms with Crippen LogP contribution < -0.4 is 5.32 Å². The number of ether oxygens (including phenoxy) is 1. The van der Waals surface area contributed by atoms with Gasteiger partial charge in [-0.1, -0.05) is 29.8 Å². The lowest BCUT2D eigenvalue weighted by atomic mass is 10.1. The standard InChI is InChI=1S/C21H21N3O4/c1-15-7-5-8-16(13-15)20(26)23-18-10-4-3-9-17(18)21(27)28-14-19(25)24(2)12-6-11-22/h3-5,7-10,13H,6,12,14H2,1-2H3,(H,23,26). The molecule has 2 aromatic carbocycles. The normalized spacial score (nSPS) is 9.89. The third-order valence-electron chi connectivity index (χ3n) is 3.99. The maximum absolute atomic E-state index is 12.4. The van der Waals surface area contributed by atoms with Crippen LogP contribution in [0.3, 0.4) is 0 Å². The summed E-state index contributed by atoms with van der Waals surface area (Å²) in [7, 11) is 1.53. The predicted molar refractivity (Wildman–Crippen MR) is 104 cm³/mol. The van der Waals surface area contributed by atoms with E-state index in [1.807, 2.05) is 19.1 Å². The van der Waals surface area contributed by atoms with Gasteiger partial charge in [0.1, 0.15) is 0 Å². The van der Waals surface area contributed by atoms with Crippen molar-refractivity contribution in [2.24, 2.45) is 0 Å². The molecule has 7 heteroatoms. The number of benzene rings is 2. The fourth-order valence-electron chi connectivity index (χ4n) is 2.41. The highest BCUT2D eigenvalue weighted by Crippen LogP contribution is 2.18. The second-order valence-electron chi connectivity index (χ2n) is 6.17. The summed E-state index contributed by atoms with van der Waals surface area (Å²) in [6, 6.07) is 15.4. The van der Waals surface area contributed by atoms with Crippen molar-refractivity contribution in [1.82, 2.24) is 4.90 Å². The predicted octanol–water partition coefficient (Wildman–Crippen LogP) is 2.78. The van der Waals surface area contributed by atoms with Crippen LogP contribution in [0.1, 0.15) is 32.7 Å². The molecule has 2 aromatic rings. The van der Waals surface area contributed by atoms with E-state index in [1.165, 1.54) is 18.0 Å². The molecule has 2 rings (SSSR count). The van der Waals surface area contributed by atoms with Gasteiger partial charge in [0.15, 0.2) is 6.61 Å². The van der Waals surface area contributed by atoms with Crippen molar-refractivity contribution in [3.8, 4) is 6.07 Å². The Hall–Kier alpha value is -3.66. The first kappa shape index (κ1) is 20.6. The Morgan fingerprint density at radius 1 is 1.14 bits per heavy atom. The van der Waals surface area contributed by atoms with Gasteiger partial charge in [-0.25, -0.2) is 4.79 Å². The highest BCUT2D eigenvalue weighted by molar-refractivity contribution is 6.08. The summed E-state index contributed by atoms with van der Waals surface area (Å²) in [6.45, 7) is 1.70. The van der Waals surface area contributed by atoms with Crippen molar-refractivity contribution >= 4 is 23.5 Å². The molecule has 0 radical (unpaired) electrons. The molecule has 0 aliphatic heterocycles. The molecule has 0 saturated heterocycles. The van der Waals surface area contributed by atoms with Crippen molar-refractivity contribution in [2.75, 3.05) is 25.5 Å². The number of nitrogens with zero attached hydrogens (tertiary/aromatic N) is 2. The van der Waals surface area contributed by atoms with Gasteiger partial charge < -0.3 is 15.0 Å². The second kappa shape index (κ2) is 9.88. The SMILES string of the molecule is Cc1cccc(C(=O)Nc2ccccc2C(=O)OCC(=O)N(C)CCC#N)c1. The maximum atomic E-state index is 12.4. The topological polar surface area (TPSA) is 99.5 Å². The van der Waals surface area contributed by atoms with Crippen LogP contribution in [0, 0.1) is 18.3 Å². The number of anilines is 1. The number of nitriles is 1. The van der Waals surface area contributed by atoms with Crippen LogP contribution in [0.2, 0.25) is 0 Å². The summed E-state index contributed by atoms with van der Waals surface area (Å²) in [5.41, 5.74) is 1.86. The van der Waals surface area contributed by atoms with Gasteiger partial charge in [-0.2, -0.15) is 5.26 Å². The monoisotopic (exact) mass is 379 g/mol. The fraction of sp³-hybridized carbons (Fsp3) is 0.238. The van der Waals surface area contributed by atoms with Gasteiger partial charge in [-0.3, -0.25) is 9.59 Å². The van der Waals surface area contributed by atoms with E-state index in [-0.39, 0.29) is 24.4 Å². The molecule has 0 aliphatic carbocycles. The number of carbonyl (C=O) groups excluding carboxylic acids is 3. The number of likely N-dealkylation sites (N-methyl/N-ethyl adjacent to an activating group) is 1. The number of para-hydroxylation sites is 1. The van der Waals surface area contributed by atoms with Crippen LogP contribution in [-0.2, 0) is 9.53 Å². The molecule has 1 N–H and O–H groups in total. The Bertz CT molecular complexity index is 918. The third-order valence-corrected chi connectivity index (χ3v) is 3.99. The summed E-state index contributed by atoms with van der Waals surface area (Å²) in [5, 5.41) is 11.3. The molecule has 0 fully saturated rings. The summed E-state index contributed by atoms with van der Waals surface area (Å²) in [4.78, 5) is 38.1.